The summed E-state index contributed by atoms with van der Waals surface area (Å²) < 4.78 is 2.82. The van der Waals surface area contributed by atoms with E-state index in [1.165, 1.54) is 184 Å². The maximum absolute atomic E-state index is 2.88. The van der Waals surface area contributed by atoms with Gasteiger partial charge in [-0.3, -0.25) is 0 Å². The summed E-state index contributed by atoms with van der Waals surface area (Å²) >= 11 is 1.99. The summed E-state index contributed by atoms with van der Waals surface area (Å²) in [5.41, 5.74) is 40.3. The monoisotopic (exact) mass is 1490 g/mol. The van der Waals surface area contributed by atoms with Gasteiger partial charge >= 0.3 is 0 Å². The highest BCUT2D eigenvalue weighted by Gasteiger charge is 2.61. The molecule has 0 fully saturated rings. The minimum Gasteiger partial charge on any atom is -0.334 e. The maximum Gasteiger partial charge on any atom is 0.0755 e. The molecule has 6 unspecified atom stereocenters. The summed E-state index contributed by atoms with van der Waals surface area (Å²) in [6.07, 6.45) is 33.1. The highest BCUT2D eigenvalue weighted by atomic mass is 32.2. The first kappa shape index (κ1) is 69.4. The molecule has 0 bridgehead atoms. The summed E-state index contributed by atoms with van der Waals surface area (Å²) in [6.45, 7) is 18.8. The molecule has 22 rings (SSSR count). The average Bonchev–Trinajstić information content (AvgIpc) is 1.49. The van der Waals surface area contributed by atoms with Crippen LogP contribution in [-0.2, 0) is 28.1 Å². The van der Waals surface area contributed by atoms with Crippen molar-refractivity contribution in [1.29, 1.82) is 0 Å². The molecule has 4 heterocycles. The summed E-state index contributed by atoms with van der Waals surface area (Å²) in [7, 11) is 0. The number of nitrogens with zero attached hydrogens (tertiary/aromatic N) is 4. The van der Waals surface area contributed by atoms with E-state index in [4.69, 9.17) is 0 Å². The van der Waals surface area contributed by atoms with Gasteiger partial charge in [0.2, 0.25) is 0 Å². The predicted octanol–water partition coefficient (Wildman–Crippen LogP) is 27.3. The molecule has 12 aromatic rings. The van der Waals surface area contributed by atoms with Crippen LogP contribution < -0.4 is 14.7 Å². The van der Waals surface area contributed by atoms with Gasteiger partial charge in [-0.15, -0.1) is 11.8 Å². The van der Waals surface area contributed by atoms with Gasteiger partial charge in [-0.1, -0.05) is 278 Å². The minimum atomic E-state index is -0.615. The van der Waals surface area contributed by atoms with Gasteiger partial charge in [0.1, 0.15) is 0 Å². The van der Waals surface area contributed by atoms with Crippen LogP contribution in [-0.4, -0.2) is 16.9 Å². The first-order valence-electron chi connectivity index (χ1n) is 41.8. The standard InChI is InChI=1S/C109H96N4S/c1-67-42-54-95-101(56-67)112-99-58-73(48-53-86(99)89-61-80(63-97(104(89)112)108(95)91-38-20-16-34-82(91)83-35-17-21-39-92(83)108)110(78-32-24-30-74(59-78)106(3,4)5)76-49-44-71(45-50-76)69-26-12-10-13-27-69)87-65-100-88(66-103(87)114-9)90-62-81(111(79-33-25-31-75(60-79)107(6,7)8)77-51-46-72(47-52-77)70-28-14-11-15-29-70)64-98-105(90)113(100)102-57-68(2)43-55-96(102)109(98)93-40-22-18-36-84(93)85-37-19-23-41-94(85)109/h10-28,30-47,49-51,54-62,64,66,70,73,77,86-87,97H,29,48,52-53,63,65H2,1-9H3. The third kappa shape index (κ3) is 10.2. The maximum atomic E-state index is 2.88. The van der Waals surface area contributed by atoms with Gasteiger partial charge in [-0.05, 0) is 259 Å². The summed E-state index contributed by atoms with van der Waals surface area (Å²) in [4.78, 5) is 9.75. The van der Waals surface area contributed by atoms with Gasteiger partial charge < -0.3 is 19.3 Å². The molecule has 1 aromatic heterocycles. The molecule has 11 aromatic carbocycles. The number of hydrogen-bond acceptors (Lipinski definition) is 4. The zero-order valence-electron chi connectivity index (χ0n) is 66.8. The highest BCUT2D eigenvalue weighted by molar-refractivity contribution is 8.02. The van der Waals surface area contributed by atoms with E-state index in [1.54, 1.807) is 0 Å². The topological polar surface area (TPSA) is 14.7 Å². The number of hydrogen-bond donors (Lipinski definition) is 0. The van der Waals surface area contributed by atoms with Gasteiger partial charge in [0.15, 0.2) is 0 Å². The fourth-order valence-corrected chi connectivity index (χ4v) is 23.5. The van der Waals surface area contributed by atoms with Crippen LogP contribution in [0.25, 0.3) is 56.0 Å². The second kappa shape index (κ2) is 25.8. The zero-order chi connectivity index (χ0) is 76.8. The Balaban J connectivity index is 0.747. The van der Waals surface area contributed by atoms with Crippen LogP contribution in [0, 0.1) is 43.4 Å². The van der Waals surface area contributed by atoms with Crippen molar-refractivity contribution in [2.75, 3.05) is 21.0 Å². The molecule has 0 amide bonds. The van der Waals surface area contributed by atoms with E-state index < -0.39 is 10.8 Å². The minimum absolute atomic E-state index is 0.0527. The summed E-state index contributed by atoms with van der Waals surface area (Å²) in [5.74, 6) is 1.11. The van der Waals surface area contributed by atoms with Crippen molar-refractivity contribution in [2.45, 2.75) is 122 Å². The van der Waals surface area contributed by atoms with Crippen molar-refractivity contribution in [3.05, 3.63) is 409 Å². The number of benzene rings is 11. The Hall–Kier alpha value is -11.4. The Bertz CT molecular complexity index is 6250. The lowest BCUT2D eigenvalue weighted by Gasteiger charge is -2.51. The van der Waals surface area contributed by atoms with Gasteiger partial charge in [0.05, 0.1) is 33.8 Å². The Morgan fingerprint density at radius 2 is 1.12 bits per heavy atom. The lowest BCUT2D eigenvalue weighted by atomic mass is 9.58. The number of aromatic nitrogens is 1. The molecule has 0 saturated heterocycles. The third-order valence-corrected chi connectivity index (χ3v) is 28.8. The van der Waals surface area contributed by atoms with E-state index in [0.29, 0.717) is 5.92 Å². The van der Waals surface area contributed by atoms with Crippen molar-refractivity contribution in [3.63, 3.8) is 0 Å². The molecule has 6 atom stereocenters. The quantitative estimate of drug-likeness (QED) is 0.135. The van der Waals surface area contributed by atoms with Gasteiger partial charge in [0, 0.05) is 80.2 Å². The first-order valence-corrected chi connectivity index (χ1v) is 43.0. The number of thioether (sulfide) groups is 1. The third-order valence-electron chi connectivity index (χ3n) is 27.9. The Morgan fingerprint density at radius 3 is 1.77 bits per heavy atom. The molecular formula is C109H96N4S. The molecule has 0 N–H and O–H groups in total. The lowest BCUT2D eigenvalue weighted by molar-refractivity contribution is 0.380. The summed E-state index contributed by atoms with van der Waals surface area (Å²) in [6, 6.07) is 97.6. The molecule has 7 aliphatic carbocycles. The predicted molar refractivity (Wildman–Crippen MR) is 479 cm³/mol. The zero-order valence-corrected chi connectivity index (χ0v) is 67.7. The molecule has 2 spiro atoms. The molecule has 0 saturated carbocycles. The van der Waals surface area contributed by atoms with Crippen molar-refractivity contribution >= 4 is 57.2 Å². The Kier molecular flexibility index (Phi) is 15.7. The van der Waals surface area contributed by atoms with E-state index in [9.17, 15) is 0 Å². The summed E-state index contributed by atoms with van der Waals surface area (Å²) in [5, 5.41) is 1.34. The Morgan fingerprint density at radius 1 is 0.500 bits per heavy atom. The van der Waals surface area contributed by atoms with Gasteiger partial charge in [-0.25, -0.2) is 0 Å². The largest absolute Gasteiger partial charge is 0.334 e. The smallest absolute Gasteiger partial charge is 0.0755 e. The first-order chi connectivity index (χ1) is 55.6. The molecule has 3 aliphatic heterocycles. The van der Waals surface area contributed by atoms with Crippen LogP contribution in [0.15, 0.2) is 337 Å². The fourth-order valence-electron chi connectivity index (χ4n) is 22.7. The van der Waals surface area contributed by atoms with Crippen molar-refractivity contribution in [2.24, 2.45) is 29.6 Å². The van der Waals surface area contributed by atoms with Crippen molar-refractivity contribution < 1.29 is 0 Å². The fraction of sp³-hybridized carbons (Fsp3) is 0.229. The van der Waals surface area contributed by atoms with Crippen LogP contribution in [0.1, 0.15) is 146 Å². The normalized spacial score (nSPS) is 21.0. The number of allylic oxidation sites excluding steroid dienone is 12. The van der Waals surface area contributed by atoms with Crippen LogP contribution in [0.5, 0.6) is 0 Å². The van der Waals surface area contributed by atoms with Crippen molar-refractivity contribution in [1.82, 2.24) is 4.57 Å². The Labute approximate surface area is 677 Å². The van der Waals surface area contributed by atoms with Crippen LogP contribution in [0.3, 0.4) is 0 Å². The molecule has 0 radical (unpaired) electrons. The molecule has 10 aliphatic rings. The second-order valence-electron chi connectivity index (χ2n) is 36.1. The van der Waals surface area contributed by atoms with E-state index in [0.717, 1.165) is 38.5 Å². The van der Waals surface area contributed by atoms with Gasteiger partial charge in [-0.2, -0.15) is 0 Å². The SMILES string of the molecule is CSC1=Cc2c(n3c4c(cc(N(c5cccc(C(C)(C)C)c5)C5C=CC(C6C=CC=CC6)=CC5)cc24)C2(c4ccccc4-c4ccccc42)c2ccc(C)cc2-3)CC1C1C=C2C(CC1)C1=C3C(CC(N(c4ccc(-c5ccccc5)cc4)c4cccc(C(C)(C)C)c4)=C1)C1(c4ccccc4-c4ccccc41)c1ccc(C)cc1N23. The van der Waals surface area contributed by atoms with Crippen molar-refractivity contribution in [3.8, 4) is 39.1 Å². The lowest BCUT2D eigenvalue weighted by Crippen LogP contribution is -2.47. The molecule has 114 heavy (non-hydrogen) atoms. The second-order valence-corrected chi connectivity index (χ2v) is 37.0. The molecule has 558 valence electrons. The number of aryl methyl sites for hydroxylation is 2. The van der Waals surface area contributed by atoms with Gasteiger partial charge in [0.25, 0.3) is 0 Å². The number of fused-ring (bicyclic) bond motifs is 24. The average molecular weight is 1490 g/mol. The van der Waals surface area contributed by atoms with Crippen LogP contribution in [0.4, 0.5) is 28.4 Å². The van der Waals surface area contributed by atoms with Crippen LogP contribution in [0.2, 0.25) is 0 Å². The van der Waals surface area contributed by atoms with E-state index in [1.807, 2.05) is 11.8 Å². The van der Waals surface area contributed by atoms with E-state index in [-0.39, 0.29) is 40.5 Å². The number of anilines is 5. The highest BCUT2D eigenvalue weighted by Crippen LogP contribution is 2.70. The van der Waals surface area contributed by atoms with Crippen LogP contribution >= 0.6 is 11.8 Å². The molecule has 5 heteroatoms. The molecule has 4 nitrogen and oxygen atoms in total. The van der Waals surface area contributed by atoms with E-state index >= 15 is 0 Å². The van der Waals surface area contributed by atoms with E-state index in [2.05, 4.69) is 390 Å². The molecular weight excluding hydrogens is 1400 g/mol. The number of rotatable bonds is 10.